The third-order valence-corrected chi connectivity index (χ3v) is 4.79. The van der Waals surface area contributed by atoms with Crippen LogP contribution in [0.1, 0.15) is 27.7 Å². The molecule has 0 aromatic rings. The molecule has 1 fully saturated rings. The first-order valence-electron chi connectivity index (χ1n) is 8.78. The van der Waals surface area contributed by atoms with Crippen LogP contribution in [0.3, 0.4) is 0 Å². The van der Waals surface area contributed by atoms with E-state index in [0.29, 0.717) is 39.3 Å². The molecule has 0 bridgehead atoms. The molecule has 0 aliphatic carbocycles. The molecule has 0 aromatic carbocycles. The number of likely N-dealkylation sites (N-methyl/N-ethyl adjacent to an activating group) is 2. The van der Waals surface area contributed by atoms with Crippen LogP contribution >= 0.6 is 0 Å². The zero-order valence-corrected chi connectivity index (χ0v) is 14.8. The molecule has 1 aliphatic heterocycles. The Labute approximate surface area is 135 Å². The lowest BCUT2D eigenvalue weighted by atomic mass is 10.3. The lowest BCUT2D eigenvalue weighted by Crippen LogP contribution is -3.12. The molecule has 128 valence electrons. The number of rotatable bonds is 8. The zero-order valence-electron chi connectivity index (χ0n) is 14.8. The predicted molar refractivity (Wildman–Crippen MR) is 87.0 cm³/mol. The third kappa shape index (κ3) is 5.57. The van der Waals surface area contributed by atoms with Gasteiger partial charge in [-0.1, -0.05) is 0 Å². The number of carbonyl (C=O) groups excluding carboxylic acids is 2. The van der Waals surface area contributed by atoms with Gasteiger partial charge in [-0.2, -0.15) is 0 Å². The second kappa shape index (κ2) is 9.79. The molecule has 0 aromatic heterocycles. The van der Waals surface area contributed by atoms with Gasteiger partial charge in [0.25, 0.3) is 11.8 Å². The number of nitrogens with zero attached hydrogens (tertiary/aromatic N) is 2. The van der Waals surface area contributed by atoms with Crippen LogP contribution in [-0.2, 0) is 9.59 Å². The summed E-state index contributed by atoms with van der Waals surface area (Å²) >= 11 is 0. The molecule has 1 saturated heterocycles. The number of carbonyl (C=O) groups is 2. The molecule has 0 atom stereocenters. The molecular weight excluding hydrogens is 280 g/mol. The van der Waals surface area contributed by atoms with Crippen molar-refractivity contribution in [1.82, 2.24) is 9.80 Å². The van der Waals surface area contributed by atoms with Gasteiger partial charge in [0, 0.05) is 26.2 Å². The number of hydrogen-bond donors (Lipinski definition) is 2. The molecule has 0 radical (unpaired) electrons. The summed E-state index contributed by atoms with van der Waals surface area (Å²) in [5, 5.41) is 0. The Bertz CT molecular complexity index is 312. The lowest BCUT2D eigenvalue weighted by molar-refractivity contribution is -0.888. The Hall–Kier alpha value is -1.14. The van der Waals surface area contributed by atoms with E-state index in [1.54, 1.807) is 0 Å². The molecule has 1 aliphatic rings. The summed E-state index contributed by atoms with van der Waals surface area (Å²) in [7, 11) is 0. The number of nitrogens with one attached hydrogen (secondary N) is 2. The van der Waals surface area contributed by atoms with E-state index in [-0.39, 0.29) is 11.8 Å². The van der Waals surface area contributed by atoms with Gasteiger partial charge < -0.3 is 19.6 Å². The Kier molecular flexibility index (Phi) is 8.42. The van der Waals surface area contributed by atoms with Gasteiger partial charge in [0.1, 0.15) is 0 Å². The first-order chi connectivity index (χ1) is 10.5. The summed E-state index contributed by atoms with van der Waals surface area (Å²) in [5.74, 6) is 0.445. The van der Waals surface area contributed by atoms with E-state index < -0.39 is 0 Å². The molecular formula is C16H34N4O2+2. The van der Waals surface area contributed by atoms with E-state index >= 15 is 0 Å². The highest BCUT2D eigenvalue weighted by Crippen LogP contribution is 2.01. The highest BCUT2D eigenvalue weighted by molar-refractivity contribution is 5.79. The maximum atomic E-state index is 12.3. The van der Waals surface area contributed by atoms with Crippen molar-refractivity contribution in [1.29, 1.82) is 0 Å². The number of quaternary nitrogens is 2. The smallest absolute Gasteiger partial charge is 0.277 e. The predicted octanol–water partition coefficient (Wildman–Crippen LogP) is -2.49. The Morgan fingerprint density at radius 3 is 1.18 bits per heavy atom. The van der Waals surface area contributed by atoms with Gasteiger partial charge in [0.05, 0.1) is 26.2 Å². The molecule has 2 N–H and O–H groups in total. The van der Waals surface area contributed by atoms with Crippen LogP contribution in [0.4, 0.5) is 0 Å². The maximum absolute atomic E-state index is 12.3. The molecule has 2 amide bonds. The molecule has 0 unspecified atom stereocenters. The summed E-state index contributed by atoms with van der Waals surface area (Å²) in [6, 6.07) is 0. The van der Waals surface area contributed by atoms with Crippen molar-refractivity contribution in [2.75, 3.05) is 65.4 Å². The molecule has 1 rings (SSSR count). The van der Waals surface area contributed by atoms with Crippen molar-refractivity contribution in [3.05, 3.63) is 0 Å². The molecule has 0 saturated carbocycles. The van der Waals surface area contributed by atoms with Crippen molar-refractivity contribution in [3.8, 4) is 0 Å². The van der Waals surface area contributed by atoms with Crippen LogP contribution in [-0.4, -0.2) is 87.1 Å². The molecule has 1 heterocycles. The number of hydrogen-bond acceptors (Lipinski definition) is 2. The molecule has 6 heteroatoms. The van der Waals surface area contributed by atoms with Gasteiger partial charge in [0.2, 0.25) is 0 Å². The van der Waals surface area contributed by atoms with Gasteiger partial charge in [0.15, 0.2) is 13.1 Å². The van der Waals surface area contributed by atoms with Gasteiger partial charge in [-0.05, 0) is 27.7 Å². The Balaban J connectivity index is 2.39. The van der Waals surface area contributed by atoms with Crippen molar-refractivity contribution in [3.63, 3.8) is 0 Å². The Morgan fingerprint density at radius 1 is 0.682 bits per heavy atom. The third-order valence-electron chi connectivity index (χ3n) is 4.79. The highest BCUT2D eigenvalue weighted by atomic mass is 16.2. The fourth-order valence-electron chi connectivity index (χ4n) is 2.86. The van der Waals surface area contributed by atoms with Gasteiger partial charge >= 0.3 is 0 Å². The van der Waals surface area contributed by atoms with Crippen LogP contribution in [0, 0.1) is 0 Å². The van der Waals surface area contributed by atoms with Crippen LogP contribution < -0.4 is 9.80 Å². The molecule has 6 nitrogen and oxygen atoms in total. The van der Waals surface area contributed by atoms with Gasteiger partial charge in [-0.25, -0.2) is 0 Å². The largest absolute Gasteiger partial charge is 0.334 e. The van der Waals surface area contributed by atoms with Crippen LogP contribution in [0.5, 0.6) is 0 Å². The summed E-state index contributed by atoms with van der Waals surface area (Å²) in [6.07, 6.45) is 0. The van der Waals surface area contributed by atoms with E-state index in [1.807, 2.05) is 9.80 Å². The summed E-state index contributed by atoms with van der Waals surface area (Å²) < 4.78 is 0. The maximum Gasteiger partial charge on any atom is 0.277 e. The first kappa shape index (κ1) is 18.9. The summed E-state index contributed by atoms with van der Waals surface area (Å²) in [6.45, 7) is 16.2. The standard InChI is InChI=1S/C16H32N4O2/c1-5-17(6-2)13-15(21)19-9-11-20(12-10-19)16(22)14-18(7-3)8-4/h5-14H2,1-4H3/p+2. The van der Waals surface area contributed by atoms with E-state index in [9.17, 15) is 9.59 Å². The Morgan fingerprint density at radius 2 is 0.955 bits per heavy atom. The minimum Gasteiger partial charge on any atom is -0.334 e. The normalized spacial score (nSPS) is 15.7. The van der Waals surface area contributed by atoms with E-state index in [2.05, 4.69) is 27.7 Å². The van der Waals surface area contributed by atoms with Crippen LogP contribution in [0.2, 0.25) is 0 Å². The van der Waals surface area contributed by atoms with Crippen molar-refractivity contribution in [2.24, 2.45) is 0 Å². The fraction of sp³-hybridized carbons (Fsp3) is 0.875. The number of amides is 2. The van der Waals surface area contributed by atoms with Crippen molar-refractivity contribution in [2.45, 2.75) is 27.7 Å². The lowest BCUT2D eigenvalue weighted by Gasteiger charge is -2.35. The minimum absolute atomic E-state index is 0.222. The van der Waals surface area contributed by atoms with Gasteiger partial charge in [-0.3, -0.25) is 9.59 Å². The topological polar surface area (TPSA) is 49.5 Å². The monoisotopic (exact) mass is 314 g/mol. The second-order valence-corrected chi connectivity index (χ2v) is 6.03. The fourth-order valence-corrected chi connectivity index (χ4v) is 2.86. The second-order valence-electron chi connectivity index (χ2n) is 6.03. The summed E-state index contributed by atoms with van der Waals surface area (Å²) in [5.41, 5.74) is 0. The highest BCUT2D eigenvalue weighted by Gasteiger charge is 2.27. The van der Waals surface area contributed by atoms with E-state index in [0.717, 1.165) is 26.2 Å². The SMILES string of the molecule is CC[NH+](CC)CC(=O)N1CCN(C(=O)C[NH+](CC)CC)CC1. The van der Waals surface area contributed by atoms with Crippen molar-refractivity contribution < 1.29 is 19.4 Å². The van der Waals surface area contributed by atoms with Gasteiger partial charge in [-0.15, -0.1) is 0 Å². The number of piperazine rings is 1. The van der Waals surface area contributed by atoms with E-state index in [1.165, 1.54) is 9.80 Å². The quantitative estimate of drug-likeness (QED) is 0.521. The van der Waals surface area contributed by atoms with Crippen LogP contribution in [0.15, 0.2) is 0 Å². The average molecular weight is 314 g/mol. The summed E-state index contributed by atoms with van der Waals surface area (Å²) in [4.78, 5) is 31.0. The minimum atomic E-state index is 0.222. The zero-order chi connectivity index (χ0) is 16.5. The van der Waals surface area contributed by atoms with E-state index in [4.69, 9.17) is 0 Å². The molecule has 0 spiro atoms. The van der Waals surface area contributed by atoms with Crippen LogP contribution in [0.25, 0.3) is 0 Å². The first-order valence-corrected chi connectivity index (χ1v) is 8.78. The molecule has 22 heavy (non-hydrogen) atoms. The average Bonchev–Trinajstić information content (AvgIpc) is 2.57. The van der Waals surface area contributed by atoms with Crippen molar-refractivity contribution >= 4 is 11.8 Å².